The number of hydrogen-bond donors (Lipinski definition) is 0. The highest BCUT2D eigenvalue weighted by atomic mass is 16.2. The molecular weight excluding hydrogens is 280 g/mol. The molecule has 0 aliphatic carbocycles. The third-order valence-electron chi connectivity index (χ3n) is 4.00. The van der Waals surface area contributed by atoms with Crippen molar-refractivity contribution in [3.05, 3.63) is 39.4 Å². The molecule has 3 heterocycles. The van der Waals surface area contributed by atoms with Gasteiger partial charge in [-0.15, -0.1) is 0 Å². The molecule has 2 aromatic rings. The molecule has 0 unspecified atom stereocenters. The van der Waals surface area contributed by atoms with Crippen LogP contribution < -0.4 is 5.56 Å². The number of carbonyl (C=O) groups excluding carboxylic acids is 1. The van der Waals surface area contributed by atoms with E-state index in [9.17, 15) is 9.59 Å². The highest BCUT2D eigenvalue weighted by Crippen LogP contribution is 2.18. The Kier molecular flexibility index (Phi) is 3.47. The van der Waals surface area contributed by atoms with E-state index in [-0.39, 0.29) is 23.1 Å². The second kappa shape index (κ2) is 5.19. The number of carbonyl (C=O) groups is 1. The van der Waals surface area contributed by atoms with Crippen molar-refractivity contribution in [3.63, 3.8) is 0 Å². The van der Waals surface area contributed by atoms with E-state index in [1.54, 1.807) is 4.90 Å². The minimum Gasteiger partial charge on any atom is -0.337 e. The number of amides is 1. The molecule has 0 saturated carbocycles. The lowest BCUT2D eigenvalue weighted by atomic mass is 10.0. The molecule has 0 atom stereocenters. The van der Waals surface area contributed by atoms with E-state index in [2.05, 4.69) is 17.0 Å². The molecule has 1 amide bonds. The molecule has 3 rings (SSSR count). The molecule has 1 saturated heterocycles. The van der Waals surface area contributed by atoms with Crippen LogP contribution in [-0.4, -0.2) is 38.5 Å². The first kappa shape index (κ1) is 14.7. The summed E-state index contributed by atoms with van der Waals surface area (Å²) in [5.74, 6) is 0.562. The molecule has 0 bridgehead atoms. The van der Waals surface area contributed by atoms with Gasteiger partial charge in [-0.3, -0.25) is 9.59 Å². The summed E-state index contributed by atoms with van der Waals surface area (Å²) < 4.78 is 1.28. The van der Waals surface area contributed by atoms with Crippen molar-refractivity contribution in [2.24, 2.45) is 5.92 Å². The van der Waals surface area contributed by atoms with Gasteiger partial charge >= 0.3 is 0 Å². The number of hydrogen-bond acceptors (Lipinski definition) is 4. The van der Waals surface area contributed by atoms with Gasteiger partial charge in [0, 0.05) is 19.2 Å². The van der Waals surface area contributed by atoms with Gasteiger partial charge in [0.15, 0.2) is 5.65 Å². The molecule has 0 radical (unpaired) electrons. The van der Waals surface area contributed by atoms with Crippen molar-refractivity contribution < 1.29 is 4.79 Å². The van der Waals surface area contributed by atoms with Crippen LogP contribution in [0.5, 0.6) is 0 Å². The van der Waals surface area contributed by atoms with Crippen LogP contribution in [0.4, 0.5) is 0 Å². The lowest BCUT2D eigenvalue weighted by Gasteiger charge is -2.36. The highest BCUT2D eigenvalue weighted by molar-refractivity contribution is 5.93. The predicted octanol–water partition coefficient (Wildman–Crippen LogP) is 1.61. The zero-order valence-corrected chi connectivity index (χ0v) is 13.3. The zero-order valence-electron chi connectivity index (χ0n) is 13.3. The number of rotatable bonds is 2. The van der Waals surface area contributed by atoms with Crippen molar-refractivity contribution in [2.75, 3.05) is 13.1 Å². The highest BCUT2D eigenvalue weighted by Gasteiger charge is 2.29. The zero-order chi connectivity index (χ0) is 16.0. The van der Waals surface area contributed by atoms with Gasteiger partial charge in [0.1, 0.15) is 5.69 Å². The number of nitrogens with zero attached hydrogens (tertiary/aromatic N) is 4. The van der Waals surface area contributed by atoms with Gasteiger partial charge in [0.25, 0.3) is 11.5 Å². The van der Waals surface area contributed by atoms with Crippen LogP contribution in [0, 0.1) is 12.8 Å². The molecule has 6 nitrogen and oxygen atoms in total. The van der Waals surface area contributed by atoms with E-state index in [0.717, 1.165) is 24.3 Å². The maximum atomic E-state index is 12.3. The molecule has 1 aliphatic heterocycles. The van der Waals surface area contributed by atoms with Crippen LogP contribution in [0.15, 0.2) is 16.9 Å². The lowest BCUT2D eigenvalue weighted by molar-refractivity contribution is 0.0524. The van der Waals surface area contributed by atoms with Crippen LogP contribution >= 0.6 is 0 Å². The van der Waals surface area contributed by atoms with E-state index >= 15 is 0 Å². The Labute approximate surface area is 128 Å². The second-order valence-electron chi connectivity index (χ2n) is 6.43. The standard InChI is InChI=1S/C16H20N4O2/c1-9(2)15-11(4)5-13-17-12(6-14(21)20(13)18-15)16(22)19-7-10(3)8-19/h5-6,9-10H,7-8H2,1-4H3. The third kappa shape index (κ3) is 2.38. The first-order chi connectivity index (χ1) is 10.4. The largest absolute Gasteiger partial charge is 0.337 e. The fourth-order valence-corrected chi connectivity index (χ4v) is 2.85. The molecule has 0 aromatic carbocycles. The number of likely N-dealkylation sites (tertiary alicyclic amines) is 1. The molecule has 0 spiro atoms. The third-order valence-corrected chi connectivity index (χ3v) is 4.00. The van der Waals surface area contributed by atoms with Crippen molar-refractivity contribution in [1.29, 1.82) is 0 Å². The minimum atomic E-state index is -0.316. The maximum absolute atomic E-state index is 12.3. The molecule has 2 aromatic heterocycles. The molecule has 0 N–H and O–H groups in total. The van der Waals surface area contributed by atoms with E-state index < -0.39 is 0 Å². The second-order valence-corrected chi connectivity index (χ2v) is 6.43. The number of aryl methyl sites for hydroxylation is 1. The summed E-state index contributed by atoms with van der Waals surface area (Å²) in [6, 6.07) is 3.10. The Balaban J connectivity index is 2.07. The summed E-state index contributed by atoms with van der Waals surface area (Å²) in [4.78, 5) is 30.6. The fourth-order valence-electron chi connectivity index (χ4n) is 2.85. The van der Waals surface area contributed by atoms with Crippen LogP contribution in [0.3, 0.4) is 0 Å². The SMILES string of the molecule is Cc1cc2nc(C(=O)N3CC(C)C3)cc(=O)n2nc1C(C)C. The average Bonchev–Trinajstić information content (AvgIpc) is 2.42. The van der Waals surface area contributed by atoms with Crippen molar-refractivity contribution >= 4 is 11.6 Å². The first-order valence-electron chi connectivity index (χ1n) is 7.57. The summed E-state index contributed by atoms with van der Waals surface area (Å²) in [7, 11) is 0. The maximum Gasteiger partial charge on any atom is 0.275 e. The summed E-state index contributed by atoms with van der Waals surface area (Å²) in [5, 5.41) is 4.38. The van der Waals surface area contributed by atoms with Gasteiger partial charge in [-0.25, -0.2) is 4.98 Å². The van der Waals surface area contributed by atoms with Crippen LogP contribution in [-0.2, 0) is 0 Å². The summed E-state index contributed by atoms with van der Waals surface area (Å²) in [6.45, 7) is 9.55. The first-order valence-corrected chi connectivity index (χ1v) is 7.57. The molecule has 1 aliphatic rings. The molecule has 6 heteroatoms. The minimum absolute atomic E-state index is 0.178. The van der Waals surface area contributed by atoms with E-state index in [0.29, 0.717) is 11.6 Å². The summed E-state index contributed by atoms with van der Waals surface area (Å²) >= 11 is 0. The topological polar surface area (TPSA) is 67.6 Å². The smallest absolute Gasteiger partial charge is 0.275 e. The van der Waals surface area contributed by atoms with Crippen molar-refractivity contribution in [2.45, 2.75) is 33.6 Å². The fraction of sp³-hybridized carbons (Fsp3) is 0.500. The van der Waals surface area contributed by atoms with E-state index in [1.807, 2.05) is 26.8 Å². The van der Waals surface area contributed by atoms with Gasteiger partial charge in [-0.2, -0.15) is 9.61 Å². The van der Waals surface area contributed by atoms with E-state index in [1.165, 1.54) is 10.6 Å². The van der Waals surface area contributed by atoms with Gasteiger partial charge < -0.3 is 4.90 Å². The molecular formula is C16H20N4O2. The van der Waals surface area contributed by atoms with Gasteiger partial charge in [0.05, 0.1) is 5.69 Å². The monoisotopic (exact) mass is 300 g/mol. The normalized spacial score (nSPS) is 15.4. The summed E-state index contributed by atoms with van der Waals surface area (Å²) in [5.41, 5.74) is 2.15. The average molecular weight is 300 g/mol. The molecule has 22 heavy (non-hydrogen) atoms. The quantitative estimate of drug-likeness (QED) is 0.845. The number of aromatic nitrogens is 3. The molecule has 116 valence electrons. The Morgan fingerprint density at radius 1 is 1.32 bits per heavy atom. The van der Waals surface area contributed by atoms with Crippen molar-refractivity contribution in [1.82, 2.24) is 19.5 Å². The van der Waals surface area contributed by atoms with Gasteiger partial charge in [-0.05, 0) is 30.4 Å². The predicted molar refractivity (Wildman–Crippen MR) is 83.2 cm³/mol. The van der Waals surface area contributed by atoms with Crippen molar-refractivity contribution in [3.8, 4) is 0 Å². The Hall–Kier alpha value is -2.24. The summed E-state index contributed by atoms with van der Waals surface area (Å²) in [6.07, 6.45) is 0. The van der Waals surface area contributed by atoms with Crippen LogP contribution in [0.2, 0.25) is 0 Å². The van der Waals surface area contributed by atoms with Crippen LogP contribution in [0.1, 0.15) is 48.4 Å². The van der Waals surface area contributed by atoms with E-state index in [4.69, 9.17) is 0 Å². The Morgan fingerprint density at radius 3 is 2.59 bits per heavy atom. The lowest BCUT2D eigenvalue weighted by Crippen LogP contribution is -2.49. The van der Waals surface area contributed by atoms with Gasteiger partial charge in [0.2, 0.25) is 0 Å². The number of fused-ring (bicyclic) bond motifs is 1. The Morgan fingerprint density at radius 2 is 2.00 bits per heavy atom. The Bertz CT molecular complexity index is 804. The van der Waals surface area contributed by atoms with Gasteiger partial charge in [-0.1, -0.05) is 20.8 Å². The van der Waals surface area contributed by atoms with Crippen LogP contribution in [0.25, 0.3) is 5.65 Å². The molecule has 1 fully saturated rings.